The number of rotatable bonds is 1. The van der Waals surface area contributed by atoms with Gasteiger partial charge in [0.1, 0.15) is 0 Å². The fourth-order valence-corrected chi connectivity index (χ4v) is 1.09. The molecule has 0 spiro atoms. The van der Waals surface area contributed by atoms with Crippen LogP contribution in [0.25, 0.3) is 0 Å². The van der Waals surface area contributed by atoms with Gasteiger partial charge in [0, 0.05) is 24.3 Å². The van der Waals surface area contributed by atoms with Crippen molar-refractivity contribution in [3.8, 4) is 0 Å². The van der Waals surface area contributed by atoms with Crippen LogP contribution in [-0.2, 0) is 0 Å². The highest BCUT2D eigenvalue weighted by Gasteiger charge is 2.06. The van der Waals surface area contributed by atoms with Gasteiger partial charge >= 0.3 is 0 Å². The third kappa shape index (κ3) is 2.10. The van der Waals surface area contributed by atoms with Crippen molar-refractivity contribution in [3.05, 3.63) is 61.2 Å². The molecular formula is C10H13N3+2. The van der Waals surface area contributed by atoms with Crippen LogP contribution < -0.4 is 15.5 Å². The van der Waals surface area contributed by atoms with Crippen molar-refractivity contribution in [1.29, 1.82) is 0 Å². The third-order valence-electron chi connectivity index (χ3n) is 1.67. The maximum Gasteiger partial charge on any atom is 0.242 e. The van der Waals surface area contributed by atoms with E-state index in [-0.39, 0.29) is 6.15 Å². The SMILES string of the molecule is N.c1cc[n+](-[n+]2ccccc2)cc1. The standard InChI is InChI=1S/C10H10N2.H3N/c1-3-7-11(8-4-1)12-9-5-2-6-10-12;/h1-10H;1H3/q+2;. The molecule has 2 aromatic rings. The molecule has 0 amide bonds. The molecule has 0 unspecified atom stereocenters. The fourth-order valence-electron chi connectivity index (χ4n) is 1.09. The second-order valence-electron chi connectivity index (χ2n) is 2.51. The zero-order valence-corrected chi connectivity index (χ0v) is 7.38. The van der Waals surface area contributed by atoms with Gasteiger partial charge in [-0.25, -0.2) is 0 Å². The van der Waals surface area contributed by atoms with Gasteiger partial charge in [-0.1, -0.05) is 0 Å². The Morgan fingerprint density at radius 3 is 1.08 bits per heavy atom. The summed E-state index contributed by atoms with van der Waals surface area (Å²) in [6.45, 7) is 0. The third-order valence-corrected chi connectivity index (χ3v) is 1.67. The van der Waals surface area contributed by atoms with Gasteiger partial charge in [0.2, 0.25) is 24.8 Å². The van der Waals surface area contributed by atoms with Crippen LogP contribution in [0.5, 0.6) is 0 Å². The predicted octanol–water partition coefficient (Wildman–Crippen LogP) is 0.735. The Hall–Kier alpha value is -1.74. The number of hydrogen-bond acceptors (Lipinski definition) is 1. The van der Waals surface area contributed by atoms with Crippen LogP contribution in [0.1, 0.15) is 0 Å². The number of hydrogen-bond donors (Lipinski definition) is 1. The topological polar surface area (TPSA) is 42.8 Å². The maximum atomic E-state index is 2.00. The maximum absolute atomic E-state index is 2.00. The molecule has 13 heavy (non-hydrogen) atoms. The smallest absolute Gasteiger partial charge is 0.242 e. The van der Waals surface area contributed by atoms with Gasteiger partial charge in [0.05, 0.1) is 9.35 Å². The average Bonchev–Trinajstić information content (AvgIpc) is 2.21. The average molecular weight is 175 g/mol. The Morgan fingerprint density at radius 2 is 0.769 bits per heavy atom. The Kier molecular flexibility index (Phi) is 3.11. The molecule has 2 aromatic heterocycles. The number of pyridine rings is 2. The minimum atomic E-state index is 0. The summed E-state index contributed by atoms with van der Waals surface area (Å²) in [6, 6.07) is 12.0. The van der Waals surface area contributed by atoms with E-state index >= 15 is 0 Å². The van der Waals surface area contributed by atoms with E-state index in [0.717, 1.165) is 0 Å². The molecule has 3 N–H and O–H groups in total. The summed E-state index contributed by atoms with van der Waals surface area (Å²) in [5.74, 6) is 0. The highest BCUT2D eigenvalue weighted by atomic mass is 15.4. The zero-order chi connectivity index (χ0) is 8.23. The monoisotopic (exact) mass is 175 g/mol. The van der Waals surface area contributed by atoms with Crippen molar-refractivity contribution in [2.24, 2.45) is 0 Å². The van der Waals surface area contributed by atoms with E-state index in [1.54, 1.807) is 0 Å². The minimum absolute atomic E-state index is 0. The lowest BCUT2D eigenvalue weighted by Gasteiger charge is -1.84. The molecule has 3 nitrogen and oxygen atoms in total. The number of aromatic nitrogens is 2. The van der Waals surface area contributed by atoms with Crippen molar-refractivity contribution in [2.75, 3.05) is 0 Å². The van der Waals surface area contributed by atoms with E-state index in [2.05, 4.69) is 0 Å². The summed E-state index contributed by atoms with van der Waals surface area (Å²) in [5, 5.41) is 0. The van der Waals surface area contributed by atoms with E-state index in [9.17, 15) is 0 Å². The van der Waals surface area contributed by atoms with Gasteiger partial charge in [-0.15, -0.1) is 0 Å². The molecule has 0 radical (unpaired) electrons. The molecule has 3 heteroatoms. The van der Waals surface area contributed by atoms with Crippen LogP contribution in [-0.4, -0.2) is 0 Å². The van der Waals surface area contributed by atoms with Gasteiger partial charge in [-0.3, -0.25) is 0 Å². The molecule has 0 saturated carbocycles. The first kappa shape index (κ1) is 9.35. The van der Waals surface area contributed by atoms with Gasteiger partial charge in [-0.05, 0) is 12.1 Å². The Labute approximate surface area is 77.5 Å². The summed E-state index contributed by atoms with van der Waals surface area (Å²) < 4.78 is 4.00. The molecule has 0 atom stereocenters. The van der Waals surface area contributed by atoms with Crippen molar-refractivity contribution >= 4 is 0 Å². The first-order valence-corrected chi connectivity index (χ1v) is 3.90. The van der Waals surface area contributed by atoms with E-state index < -0.39 is 0 Å². The Balaban J connectivity index is 0.000000845. The first-order valence-electron chi connectivity index (χ1n) is 3.90. The molecule has 0 aliphatic carbocycles. The highest BCUT2D eigenvalue weighted by molar-refractivity contribution is 4.84. The van der Waals surface area contributed by atoms with Gasteiger partial charge in [0.25, 0.3) is 0 Å². The second kappa shape index (κ2) is 4.33. The second-order valence-corrected chi connectivity index (χ2v) is 2.51. The lowest BCUT2D eigenvalue weighted by molar-refractivity contribution is -1.30. The zero-order valence-electron chi connectivity index (χ0n) is 7.38. The van der Waals surface area contributed by atoms with E-state index in [0.29, 0.717) is 0 Å². The van der Waals surface area contributed by atoms with Crippen LogP contribution in [0, 0.1) is 0 Å². The number of nitrogens with zero attached hydrogens (tertiary/aromatic N) is 2. The van der Waals surface area contributed by atoms with Crippen LogP contribution in [0.2, 0.25) is 0 Å². The van der Waals surface area contributed by atoms with Gasteiger partial charge in [-0.2, -0.15) is 0 Å². The van der Waals surface area contributed by atoms with Gasteiger partial charge < -0.3 is 6.15 Å². The Morgan fingerprint density at radius 1 is 0.462 bits per heavy atom. The minimum Gasteiger partial charge on any atom is -0.344 e. The lowest BCUT2D eigenvalue weighted by Crippen LogP contribution is -2.65. The molecule has 0 aliphatic rings. The molecular weight excluding hydrogens is 162 g/mol. The van der Waals surface area contributed by atoms with Gasteiger partial charge in [0.15, 0.2) is 0 Å². The highest BCUT2D eigenvalue weighted by Crippen LogP contribution is 1.76. The van der Waals surface area contributed by atoms with Crippen molar-refractivity contribution in [1.82, 2.24) is 6.15 Å². The summed E-state index contributed by atoms with van der Waals surface area (Å²) in [5.41, 5.74) is 0. The Bertz CT molecular complexity index is 308. The van der Waals surface area contributed by atoms with Crippen molar-refractivity contribution in [2.45, 2.75) is 0 Å². The molecule has 2 heterocycles. The predicted molar refractivity (Wildman–Crippen MR) is 49.1 cm³/mol. The molecule has 0 bridgehead atoms. The normalized spacial score (nSPS) is 8.92. The first-order chi connectivity index (χ1) is 5.97. The van der Waals surface area contributed by atoms with E-state index in [4.69, 9.17) is 0 Å². The summed E-state index contributed by atoms with van der Waals surface area (Å²) in [4.78, 5) is 0. The van der Waals surface area contributed by atoms with Crippen LogP contribution in [0.3, 0.4) is 0 Å². The summed E-state index contributed by atoms with van der Waals surface area (Å²) in [6.07, 6.45) is 8.00. The largest absolute Gasteiger partial charge is 0.344 e. The summed E-state index contributed by atoms with van der Waals surface area (Å²) >= 11 is 0. The molecule has 0 aliphatic heterocycles. The fraction of sp³-hybridized carbons (Fsp3) is 0. The van der Waals surface area contributed by atoms with Crippen LogP contribution in [0.4, 0.5) is 0 Å². The molecule has 0 aromatic carbocycles. The van der Waals surface area contributed by atoms with Crippen molar-refractivity contribution < 1.29 is 9.35 Å². The van der Waals surface area contributed by atoms with E-state index in [1.807, 2.05) is 70.5 Å². The van der Waals surface area contributed by atoms with Crippen molar-refractivity contribution in [3.63, 3.8) is 0 Å². The molecule has 2 rings (SSSR count). The molecule has 66 valence electrons. The van der Waals surface area contributed by atoms with Crippen LogP contribution in [0.15, 0.2) is 61.2 Å². The molecule has 0 saturated heterocycles. The molecule has 0 fully saturated rings. The summed E-state index contributed by atoms with van der Waals surface area (Å²) in [7, 11) is 0. The lowest BCUT2D eigenvalue weighted by atomic mass is 10.5. The van der Waals surface area contributed by atoms with E-state index in [1.165, 1.54) is 0 Å². The van der Waals surface area contributed by atoms with Crippen LogP contribution >= 0.6 is 0 Å². The quantitative estimate of drug-likeness (QED) is 0.638.